The highest BCUT2D eigenvalue weighted by Gasteiger charge is 2.22. The van der Waals surface area contributed by atoms with Crippen LogP contribution in [-0.4, -0.2) is 41.3 Å². The average molecular weight is 462 g/mol. The lowest BCUT2D eigenvalue weighted by Gasteiger charge is -2.38. The van der Waals surface area contributed by atoms with Crippen molar-refractivity contribution in [2.24, 2.45) is 0 Å². The lowest BCUT2D eigenvalue weighted by molar-refractivity contribution is -0.116. The van der Waals surface area contributed by atoms with E-state index >= 15 is 0 Å². The quantitative estimate of drug-likeness (QED) is 0.316. The minimum Gasteiger partial charge on any atom is -0.326 e. The monoisotopic (exact) mass is 461 g/mol. The minimum absolute atomic E-state index is 0.119. The Morgan fingerprint density at radius 1 is 1.07 bits per heavy atom. The predicted molar refractivity (Wildman–Crippen MR) is 122 cm³/mol. The van der Waals surface area contributed by atoms with Crippen molar-refractivity contribution in [3.8, 4) is 0 Å². The molecule has 0 aliphatic heterocycles. The molecular weight excluding hydrogens is 426 g/mol. The Labute approximate surface area is 181 Å². The number of hydrogen-bond donors (Lipinski definition) is 5. The van der Waals surface area contributed by atoms with E-state index in [0.29, 0.717) is 30.0 Å². The molecule has 5 N–H and O–H groups in total. The molecule has 0 heterocycles. The number of nitrogens with one attached hydrogen (secondary N) is 3. The van der Waals surface area contributed by atoms with Crippen LogP contribution in [0.15, 0.2) is 29.2 Å². The minimum atomic E-state index is -3.27. The van der Waals surface area contributed by atoms with Crippen LogP contribution >= 0.6 is 10.8 Å². The van der Waals surface area contributed by atoms with Crippen LogP contribution in [0.3, 0.4) is 0 Å². The van der Waals surface area contributed by atoms with Crippen LogP contribution in [0.5, 0.6) is 0 Å². The molecule has 1 aromatic rings. The van der Waals surface area contributed by atoms with Crippen LogP contribution in [0.2, 0.25) is 0 Å². The second-order valence-electron chi connectivity index (χ2n) is 8.02. The fraction of sp³-hybridized carbons (Fsp3) is 0.650. The summed E-state index contributed by atoms with van der Waals surface area (Å²) in [6.07, 6.45) is 6.71. The van der Waals surface area contributed by atoms with Gasteiger partial charge in [-0.3, -0.25) is 13.9 Å². The van der Waals surface area contributed by atoms with Crippen LogP contribution in [-0.2, 0) is 14.8 Å². The Hall–Kier alpha value is -1.17. The van der Waals surface area contributed by atoms with Crippen molar-refractivity contribution in [3.05, 3.63) is 24.3 Å². The fourth-order valence-electron chi connectivity index (χ4n) is 3.26. The van der Waals surface area contributed by atoms with E-state index in [2.05, 4.69) is 14.8 Å². The van der Waals surface area contributed by atoms with Crippen LogP contribution < -0.4 is 14.8 Å². The van der Waals surface area contributed by atoms with Crippen molar-refractivity contribution >= 4 is 32.4 Å². The summed E-state index contributed by atoms with van der Waals surface area (Å²) in [5.41, 5.74) is 0.581. The number of amides is 1. The van der Waals surface area contributed by atoms with E-state index in [0.717, 1.165) is 25.7 Å². The lowest BCUT2D eigenvalue weighted by Crippen LogP contribution is -2.33. The zero-order chi connectivity index (χ0) is 22.2. The topological polar surface area (TPSA) is 128 Å². The van der Waals surface area contributed by atoms with Gasteiger partial charge in [0.25, 0.3) is 0 Å². The van der Waals surface area contributed by atoms with Crippen molar-refractivity contribution < 1.29 is 22.3 Å². The zero-order valence-corrected chi connectivity index (χ0v) is 19.4. The Balaban J connectivity index is 1.74. The molecule has 1 aliphatic rings. The smallest absolute Gasteiger partial charge is 0.224 e. The van der Waals surface area contributed by atoms with Gasteiger partial charge >= 0.3 is 0 Å². The van der Waals surface area contributed by atoms with Gasteiger partial charge in [0.2, 0.25) is 15.9 Å². The van der Waals surface area contributed by atoms with Crippen molar-refractivity contribution in [3.63, 3.8) is 0 Å². The second kappa shape index (κ2) is 11.4. The fourth-order valence-corrected chi connectivity index (χ4v) is 5.38. The van der Waals surface area contributed by atoms with Crippen LogP contribution in [0, 0.1) is 0 Å². The van der Waals surface area contributed by atoms with E-state index in [4.69, 9.17) is 0 Å². The molecule has 1 amide bonds. The third-order valence-corrected chi connectivity index (χ3v) is 8.60. The molecule has 172 valence electrons. The number of carbonyl (C=O) groups excluding carboxylic acids is 1. The first-order valence-electron chi connectivity index (χ1n) is 10.5. The summed E-state index contributed by atoms with van der Waals surface area (Å²) in [5, 5.41) is 2.30. The summed E-state index contributed by atoms with van der Waals surface area (Å²) in [6, 6.07) is 6.65. The molecule has 1 fully saturated rings. The molecule has 2 rings (SSSR count). The molecule has 1 aromatic carbocycles. The number of unbranched alkanes of at least 4 members (excludes halogenated alkanes) is 1. The lowest BCUT2D eigenvalue weighted by atomic mass is 9.96. The summed E-state index contributed by atoms with van der Waals surface area (Å²) < 4.78 is 49.7. The first-order valence-corrected chi connectivity index (χ1v) is 13.6. The highest BCUT2D eigenvalue weighted by atomic mass is 32.3. The maximum Gasteiger partial charge on any atom is 0.224 e. The molecule has 8 nitrogen and oxygen atoms in total. The van der Waals surface area contributed by atoms with Gasteiger partial charge in [0.05, 0.1) is 10.1 Å². The van der Waals surface area contributed by atoms with Crippen molar-refractivity contribution in [1.29, 1.82) is 0 Å². The Kier molecular flexibility index (Phi) is 9.58. The summed E-state index contributed by atoms with van der Waals surface area (Å²) in [7, 11) is -6.33. The van der Waals surface area contributed by atoms with Gasteiger partial charge in [0.15, 0.2) is 0 Å². The van der Waals surface area contributed by atoms with Crippen LogP contribution in [0.25, 0.3) is 0 Å². The molecule has 0 aromatic heterocycles. The summed E-state index contributed by atoms with van der Waals surface area (Å²) in [4.78, 5) is 12.5. The van der Waals surface area contributed by atoms with Gasteiger partial charge in [-0.15, -0.1) is 10.8 Å². The van der Waals surface area contributed by atoms with E-state index in [-0.39, 0.29) is 18.4 Å². The standard InChI is InChI=1S/C20H35N3O5S2/c1-16(2)29(25,26)21-15-7-6-10-20(24)22-17-11-13-19(14-12-17)30(27,28)23-18-8-4-3-5-9-18/h11-14,16,18,21,23,27-28H,3-10,15H2,1-2H3,(H,22,24). The average Bonchev–Trinajstić information content (AvgIpc) is 2.68. The second-order valence-corrected chi connectivity index (χ2v) is 12.1. The first kappa shape index (κ1) is 25.1. The highest BCUT2D eigenvalue weighted by Crippen LogP contribution is 2.45. The van der Waals surface area contributed by atoms with E-state index in [9.17, 15) is 22.3 Å². The third-order valence-electron chi connectivity index (χ3n) is 5.16. The van der Waals surface area contributed by atoms with E-state index < -0.39 is 26.0 Å². The predicted octanol–water partition coefficient (Wildman–Crippen LogP) is 4.07. The van der Waals surface area contributed by atoms with E-state index in [1.165, 1.54) is 6.42 Å². The van der Waals surface area contributed by atoms with E-state index in [1.807, 2.05) is 0 Å². The summed E-state index contributed by atoms with van der Waals surface area (Å²) in [5.74, 6) is -0.165. The molecule has 0 atom stereocenters. The van der Waals surface area contributed by atoms with E-state index in [1.54, 1.807) is 38.1 Å². The van der Waals surface area contributed by atoms with Gasteiger partial charge in [-0.05, 0) is 63.8 Å². The Morgan fingerprint density at radius 2 is 1.70 bits per heavy atom. The van der Waals surface area contributed by atoms with Crippen molar-refractivity contribution in [1.82, 2.24) is 9.44 Å². The molecule has 0 radical (unpaired) electrons. The molecule has 1 saturated carbocycles. The molecule has 0 spiro atoms. The summed E-state index contributed by atoms with van der Waals surface area (Å²) >= 11 is 0. The molecule has 10 heteroatoms. The number of sulfonamides is 1. The maximum absolute atomic E-state index is 12.1. The molecule has 0 saturated heterocycles. The molecular formula is C20H35N3O5S2. The van der Waals surface area contributed by atoms with Gasteiger partial charge in [0.1, 0.15) is 0 Å². The molecule has 30 heavy (non-hydrogen) atoms. The van der Waals surface area contributed by atoms with Gasteiger partial charge in [-0.25, -0.2) is 17.9 Å². The van der Waals surface area contributed by atoms with Gasteiger partial charge in [0, 0.05) is 24.7 Å². The zero-order valence-electron chi connectivity index (χ0n) is 17.8. The number of rotatable bonds is 11. The van der Waals surface area contributed by atoms with Gasteiger partial charge in [-0.2, -0.15) is 0 Å². The maximum atomic E-state index is 12.1. The number of anilines is 1. The van der Waals surface area contributed by atoms with Gasteiger partial charge < -0.3 is 5.32 Å². The number of benzene rings is 1. The first-order chi connectivity index (χ1) is 14.1. The molecule has 0 bridgehead atoms. The number of carbonyl (C=O) groups is 1. The van der Waals surface area contributed by atoms with Gasteiger partial charge in [-0.1, -0.05) is 19.3 Å². The molecule has 1 aliphatic carbocycles. The number of hydrogen-bond acceptors (Lipinski definition) is 6. The third kappa shape index (κ3) is 8.16. The largest absolute Gasteiger partial charge is 0.326 e. The molecule has 0 unspecified atom stereocenters. The SMILES string of the molecule is CC(C)S(=O)(=O)NCCCCC(=O)Nc1ccc(S(O)(O)NC2CCCCC2)cc1. The van der Waals surface area contributed by atoms with Crippen molar-refractivity contribution in [2.45, 2.75) is 81.4 Å². The van der Waals surface area contributed by atoms with Crippen LogP contribution in [0.1, 0.15) is 65.2 Å². The highest BCUT2D eigenvalue weighted by molar-refractivity contribution is 8.22. The Bertz CT molecular complexity index is 776. The summed E-state index contributed by atoms with van der Waals surface area (Å²) in [6.45, 7) is 3.55. The normalized spacial score (nSPS) is 16.6. The Morgan fingerprint density at radius 3 is 2.30 bits per heavy atom. The van der Waals surface area contributed by atoms with Crippen LogP contribution in [0.4, 0.5) is 5.69 Å². The van der Waals surface area contributed by atoms with Crippen molar-refractivity contribution in [2.75, 3.05) is 11.9 Å².